The first-order chi connectivity index (χ1) is 22.1. The van der Waals surface area contributed by atoms with Crippen LogP contribution >= 0.6 is 0 Å². The molecule has 0 unspecified atom stereocenters. The molecule has 3 aromatic rings. The summed E-state index contributed by atoms with van der Waals surface area (Å²) in [4.78, 5) is 37.6. The smallest absolute Gasteiger partial charge is 0.338 e. The molecule has 0 aliphatic carbocycles. The van der Waals surface area contributed by atoms with Crippen molar-refractivity contribution in [1.29, 1.82) is 5.41 Å². The molecular weight excluding hydrogens is 596 g/mol. The molecule has 6 rings (SSSR count). The topological polar surface area (TPSA) is 144 Å². The van der Waals surface area contributed by atoms with Crippen LogP contribution in [-0.4, -0.2) is 86.2 Å². The lowest BCUT2D eigenvalue weighted by molar-refractivity contribution is -0.128. The van der Waals surface area contributed by atoms with E-state index in [4.69, 9.17) is 5.11 Å². The van der Waals surface area contributed by atoms with Crippen LogP contribution in [0.25, 0.3) is 11.1 Å². The van der Waals surface area contributed by atoms with Crippen molar-refractivity contribution in [1.82, 2.24) is 30.0 Å². The van der Waals surface area contributed by atoms with Gasteiger partial charge in [0.15, 0.2) is 0 Å². The summed E-state index contributed by atoms with van der Waals surface area (Å²) in [6.07, 6.45) is 6.79. The number of alkyl halides is 2. The second-order valence-corrected chi connectivity index (χ2v) is 12.0. The van der Waals surface area contributed by atoms with Crippen LogP contribution in [-0.2, 0) is 18.3 Å². The Morgan fingerprint density at radius 2 is 1.80 bits per heavy atom. The fourth-order valence-electron chi connectivity index (χ4n) is 6.51. The molecule has 5 heterocycles. The van der Waals surface area contributed by atoms with E-state index in [0.29, 0.717) is 67.4 Å². The molecule has 1 aromatic carbocycles. The van der Waals surface area contributed by atoms with Gasteiger partial charge in [-0.3, -0.25) is 14.9 Å². The first-order valence-electron chi connectivity index (χ1n) is 15.4. The molecule has 242 valence electrons. The molecule has 3 aliphatic heterocycles. The minimum Gasteiger partial charge on any atom is -0.478 e. The Morgan fingerprint density at radius 1 is 1.07 bits per heavy atom. The summed E-state index contributed by atoms with van der Waals surface area (Å²) in [6, 6.07) is 3.45. The summed E-state index contributed by atoms with van der Waals surface area (Å²) < 4.78 is 30.4. The van der Waals surface area contributed by atoms with Crippen LogP contribution in [0.3, 0.4) is 0 Å². The van der Waals surface area contributed by atoms with Crippen LogP contribution in [0, 0.1) is 5.41 Å². The van der Waals surface area contributed by atoms with E-state index >= 15 is 0 Å². The van der Waals surface area contributed by atoms with E-state index in [1.165, 1.54) is 25.4 Å². The van der Waals surface area contributed by atoms with Gasteiger partial charge in [0.05, 0.1) is 18.3 Å². The third-order valence-corrected chi connectivity index (χ3v) is 9.01. The molecule has 2 aromatic heterocycles. The van der Waals surface area contributed by atoms with Crippen molar-refractivity contribution in [3.63, 3.8) is 0 Å². The van der Waals surface area contributed by atoms with E-state index in [1.54, 1.807) is 29.0 Å². The zero-order valence-corrected chi connectivity index (χ0v) is 25.8. The number of aryl methyl sites for hydroxylation is 2. The number of halogens is 2. The maximum Gasteiger partial charge on any atom is 0.338 e. The lowest BCUT2D eigenvalue weighted by atomic mass is 9.92. The number of carboxylic acids is 1. The van der Waals surface area contributed by atoms with Gasteiger partial charge in [0.25, 0.3) is 6.43 Å². The molecule has 0 atom stereocenters. The molecule has 3 aliphatic rings. The van der Waals surface area contributed by atoms with E-state index in [-0.39, 0.29) is 35.5 Å². The van der Waals surface area contributed by atoms with Crippen molar-refractivity contribution in [2.24, 2.45) is 7.05 Å². The highest BCUT2D eigenvalue weighted by Gasteiger charge is 2.32. The van der Waals surface area contributed by atoms with E-state index < -0.39 is 12.4 Å². The number of carbonyl (C=O) groups is 2. The second kappa shape index (κ2) is 12.9. The zero-order valence-electron chi connectivity index (χ0n) is 25.8. The number of aromatic nitrogens is 4. The molecule has 0 spiro atoms. The zero-order chi connectivity index (χ0) is 32.5. The molecule has 14 heteroatoms. The fourth-order valence-corrected chi connectivity index (χ4v) is 6.51. The summed E-state index contributed by atoms with van der Waals surface area (Å²) in [6.45, 7) is 4.15. The normalized spacial score (nSPS) is 17.4. The predicted molar refractivity (Wildman–Crippen MR) is 168 cm³/mol. The first-order valence-corrected chi connectivity index (χ1v) is 15.4. The van der Waals surface area contributed by atoms with Gasteiger partial charge in [-0.1, -0.05) is 0 Å². The monoisotopic (exact) mass is 633 g/mol. The lowest BCUT2D eigenvalue weighted by Gasteiger charge is -2.39. The minimum atomic E-state index is -2.70. The van der Waals surface area contributed by atoms with E-state index in [1.807, 2.05) is 15.9 Å². The Kier molecular flexibility index (Phi) is 8.69. The van der Waals surface area contributed by atoms with Crippen LogP contribution in [0.4, 0.5) is 20.4 Å². The maximum atomic E-state index is 14.4. The van der Waals surface area contributed by atoms with E-state index in [0.717, 1.165) is 30.5 Å². The number of piperidine rings is 1. The molecule has 1 fully saturated rings. The quantitative estimate of drug-likeness (QED) is 0.260. The largest absolute Gasteiger partial charge is 0.478 e. The molecule has 0 bridgehead atoms. The summed E-state index contributed by atoms with van der Waals surface area (Å²) in [5, 5.41) is 26.4. The third kappa shape index (κ3) is 6.28. The van der Waals surface area contributed by atoms with Crippen LogP contribution in [0.15, 0.2) is 48.2 Å². The van der Waals surface area contributed by atoms with Gasteiger partial charge in [0.2, 0.25) is 11.9 Å². The average molecular weight is 634 g/mol. The van der Waals surface area contributed by atoms with Crippen molar-refractivity contribution < 1.29 is 23.5 Å². The summed E-state index contributed by atoms with van der Waals surface area (Å²) in [7, 11) is 1.75. The summed E-state index contributed by atoms with van der Waals surface area (Å²) in [5.74, 6) is -0.449. The van der Waals surface area contributed by atoms with Gasteiger partial charge in [0.1, 0.15) is 5.84 Å². The Labute approximate surface area is 265 Å². The number of carboxylic acid groups (broad SMARTS) is 1. The predicted octanol–water partition coefficient (Wildman–Crippen LogP) is 4.01. The Morgan fingerprint density at radius 3 is 2.43 bits per heavy atom. The van der Waals surface area contributed by atoms with E-state index in [9.17, 15) is 23.8 Å². The minimum absolute atomic E-state index is 0.0369. The number of benzene rings is 1. The van der Waals surface area contributed by atoms with Gasteiger partial charge in [-0.2, -0.15) is 5.10 Å². The van der Waals surface area contributed by atoms with Crippen LogP contribution in [0.2, 0.25) is 0 Å². The van der Waals surface area contributed by atoms with Gasteiger partial charge in [-0.15, -0.1) is 0 Å². The average Bonchev–Trinajstić information content (AvgIpc) is 3.50. The summed E-state index contributed by atoms with van der Waals surface area (Å²) in [5.41, 5.74) is 4.12. The van der Waals surface area contributed by atoms with Crippen molar-refractivity contribution in [2.75, 3.05) is 42.5 Å². The number of nitrogens with one attached hydrogen (secondary N) is 2. The standard InChI is InChI=1S/C32H37F2N9O3/c1-19(44)42-11-7-27(39-23-5-9-41(10-6-23)32-36-14-21(15-37-32)31(45)46)26(18-42)30(35)43-8-3-4-20-12-24(22-16-38-40(2)17-22)25(29(33)34)13-28(20)43/h12-17,23,29,35,39H,3-11,18H2,1-2H3,(H,45,46). The molecular formula is C32H37F2N9O3. The van der Waals surface area contributed by atoms with Crippen molar-refractivity contribution in [3.8, 4) is 11.1 Å². The van der Waals surface area contributed by atoms with Gasteiger partial charge >= 0.3 is 5.97 Å². The number of hydrogen-bond acceptors (Lipinski definition) is 8. The maximum absolute atomic E-state index is 14.4. The summed E-state index contributed by atoms with van der Waals surface area (Å²) >= 11 is 0. The van der Waals surface area contributed by atoms with Gasteiger partial charge in [0, 0.05) is 99.3 Å². The Hall–Kier alpha value is -4.88. The number of fused-ring (bicyclic) bond motifs is 1. The molecule has 1 amide bonds. The number of aromatic carboxylic acids is 1. The van der Waals surface area contributed by atoms with E-state index in [2.05, 4.69) is 20.4 Å². The highest BCUT2D eigenvalue weighted by Crippen LogP contribution is 2.39. The number of carbonyl (C=O) groups excluding carboxylic acids is 1. The Bertz CT molecular complexity index is 1680. The molecule has 3 N–H and O–H groups in total. The first kappa shape index (κ1) is 31.1. The highest BCUT2D eigenvalue weighted by molar-refractivity contribution is 6.09. The number of anilines is 2. The molecule has 46 heavy (non-hydrogen) atoms. The molecule has 12 nitrogen and oxygen atoms in total. The SMILES string of the molecule is CC(=O)N1CCC(NC2CCN(c3ncc(C(=O)O)cn3)CC2)=C(C(=N)N2CCCc3cc(-c4cnn(C)c4)c(C(F)F)cc32)C1. The number of amidine groups is 1. The van der Waals surface area contributed by atoms with Crippen LogP contribution in [0.1, 0.15) is 60.5 Å². The third-order valence-electron chi connectivity index (χ3n) is 9.01. The highest BCUT2D eigenvalue weighted by atomic mass is 19.3. The lowest BCUT2D eigenvalue weighted by Crippen LogP contribution is -2.48. The Balaban J connectivity index is 1.25. The number of amides is 1. The number of hydrogen-bond donors (Lipinski definition) is 3. The van der Waals surface area contributed by atoms with Crippen molar-refractivity contribution >= 4 is 29.3 Å². The van der Waals surface area contributed by atoms with Gasteiger partial charge in [-0.05, 0) is 48.9 Å². The van der Waals surface area contributed by atoms with Crippen LogP contribution < -0.4 is 15.1 Å². The van der Waals surface area contributed by atoms with Crippen molar-refractivity contribution in [3.05, 3.63) is 64.9 Å². The van der Waals surface area contributed by atoms with Crippen molar-refractivity contribution in [2.45, 2.75) is 51.5 Å². The number of rotatable bonds is 7. The number of nitrogens with zero attached hydrogens (tertiary/aromatic N) is 7. The second-order valence-electron chi connectivity index (χ2n) is 12.0. The van der Waals surface area contributed by atoms with Gasteiger partial charge < -0.3 is 25.1 Å². The van der Waals surface area contributed by atoms with Crippen LogP contribution in [0.5, 0.6) is 0 Å². The molecule has 1 saturated heterocycles. The molecule has 0 radical (unpaired) electrons. The van der Waals surface area contributed by atoms with Gasteiger partial charge in [-0.25, -0.2) is 23.5 Å². The molecule has 0 saturated carbocycles. The fraction of sp³-hybridized carbons (Fsp3) is 0.438.